The van der Waals surface area contributed by atoms with E-state index in [0.717, 1.165) is 12.0 Å². The minimum absolute atomic E-state index is 0.0189. The number of nitrogens with zero attached hydrogens (tertiary/aromatic N) is 1. The molecule has 0 unspecified atom stereocenters. The number of hydrogen-bond donors (Lipinski definition) is 1. The molecule has 116 valence electrons. The van der Waals surface area contributed by atoms with Crippen LogP contribution in [-0.2, 0) is 4.74 Å². The van der Waals surface area contributed by atoms with Crippen LogP contribution in [0.15, 0.2) is 18.2 Å². The Kier molecular flexibility index (Phi) is 7.32. The quantitative estimate of drug-likeness (QED) is 0.592. The molecule has 0 bridgehead atoms. The van der Waals surface area contributed by atoms with Crippen molar-refractivity contribution in [3.63, 3.8) is 0 Å². The van der Waals surface area contributed by atoms with Crippen LogP contribution in [0.4, 0.5) is 0 Å². The zero-order chi connectivity index (χ0) is 15.8. The van der Waals surface area contributed by atoms with Crippen LogP contribution in [-0.4, -0.2) is 42.6 Å². The molecule has 0 aliphatic carbocycles. The van der Waals surface area contributed by atoms with Crippen LogP contribution < -0.4 is 5.73 Å². The van der Waals surface area contributed by atoms with Gasteiger partial charge in [-0.1, -0.05) is 18.3 Å². The van der Waals surface area contributed by atoms with Crippen molar-refractivity contribution in [3.8, 4) is 0 Å². The van der Waals surface area contributed by atoms with Crippen molar-refractivity contribution in [2.24, 2.45) is 5.73 Å². The fourth-order valence-electron chi connectivity index (χ4n) is 2.02. The summed E-state index contributed by atoms with van der Waals surface area (Å²) in [5.74, 6) is 0.0189. The Balaban J connectivity index is 2.81. The van der Waals surface area contributed by atoms with E-state index in [2.05, 4.69) is 0 Å². The maximum absolute atomic E-state index is 12.6. The molecule has 1 rings (SSSR count). The summed E-state index contributed by atoms with van der Waals surface area (Å²) in [4.78, 5) is 14.8. The first-order chi connectivity index (χ1) is 9.95. The fourth-order valence-corrected chi connectivity index (χ4v) is 2.11. The highest BCUT2D eigenvalue weighted by molar-refractivity contribution is 7.80. The van der Waals surface area contributed by atoms with Crippen molar-refractivity contribution in [1.29, 1.82) is 0 Å². The summed E-state index contributed by atoms with van der Waals surface area (Å²) in [6.07, 6.45) is 1.34. The van der Waals surface area contributed by atoms with Crippen molar-refractivity contribution in [2.75, 3.05) is 26.8 Å². The number of methoxy groups -OCH3 is 1. The van der Waals surface area contributed by atoms with Gasteiger partial charge in [-0.2, -0.15) is 0 Å². The first-order valence-corrected chi connectivity index (χ1v) is 7.50. The Morgan fingerprint density at radius 2 is 2.00 bits per heavy atom. The lowest BCUT2D eigenvalue weighted by Gasteiger charge is -2.23. The van der Waals surface area contributed by atoms with Crippen molar-refractivity contribution in [2.45, 2.75) is 26.7 Å². The minimum atomic E-state index is 0.0189. The normalized spacial score (nSPS) is 10.4. The van der Waals surface area contributed by atoms with E-state index < -0.39 is 0 Å². The average molecular weight is 308 g/mol. The maximum Gasteiger partial charge on any atom is 0.253 e. The van der Waals surface area contributed by atoms with E-state index in [0.29, 0.717) is 36.7 Å². The average Bonchev–Trinajstić information content (AvgIpc) is 2.44. The van der Waals surface area contributed by atoms with Crippen molar-refractivity contribution < 1.29 is 9.53 Å². The molecule has 0 heterocycles. The van der Waals surface area contributed by atoms with Gasteiger partial charge in [0, 0.05) is 38.8 Å². The van der Waals surface area contributed by atoms with Gasteiger partial charge < -0.3 is 15.4 Å². The van der Waals surface area contributed by atoms with Crippen LogP contribution in [0, 0.1) is 13.8 Å². The Labute approximate surface area is 132 Å². The molecule has 0 saturated carbocycles. The third-order valence-corrected chi connectivity index (χ3v) is 3.65. The molecule has 0 aliphatic rings. The number of thiocarbonyl (C=S) groups is 1. The summed E-state index contributed by atoms with van der Waals surface area (Å²) in [6, 6.07) is 5.78. The molecule has 21 heavy (non-hydrogen) atoms. The number of benzene rings is 1. The molecule has 0 saturated heterocycles. The molecule has 5 heteroatoms. The molecule has 0 aromatic heterocycles. The second-order valence-electron chi connectivity index (χ2n) is 5.15. The number of nitrogens with two attached hydrogens (primary N) is 1. The molecule has 0 aliphatic heterocycles. The molecule has 1 amide bonds. The highest BCUT2D eigenvalue weighted by Crippen LogP contribution is 2.13. The van der Waals surface area contributed by atoms with Crippen molar-refractivity contribution in [3.05, 3.63) is 34.9 Å². The van der Waals surface area contributed by atoms with E-state index >= 15 is 0 Å². The number of ether oxygens (including phenoxy) is 1. The van der Waals surface area contributed by atoms with Gasteiger partial charge in [-0.05, 0) is 43.5 Å². The second-order valence-corrected chi connectivity index (χ2v) is 5.68. The van der Waals surface area contributed by atoms with Crippen LogP contribution in [0.1, 0.15) is 34.3 Å². The zero-order valence-corrected chi connectivity index (χ0v) is 13.8. The molecule has 0 spiro atoms. The van der Waals surface area contributed by atoms with Gasteiger partial charge in [-0.3, -0.25) is 4.79 Å². The topological polar surface area (TPSA) is 55.6 Å². The second kappa shape index (κ2) is 8.74. The summed E-state index contributed by atoms with van der Waals surface area (Å²) in [5.41, 5.74) is 8.55. The molecule has 0 fully saturated rings. The highest BCUT2D eigenvalue weighted by atomic mass is 32.1. The van der Waals surface area contributed by atoms with Crippen LogP contribution >= 0.6 is 12.2 Å². The standard InChI is InChI=1S/C16H24N2O2S/c1-12-5-6-14(11-13(12)2)16(19)18(8-4-10-20-3)9-7-15(17)21/h5-6,11H,4,7-10H2,1-3H3,(H2,17,21). The van der Waals surface area contributed by atoms with Crippen molar-refractivity contribution in [1.82, 2.24) is 4.90 Å². The third-order valence-electron chi connectivity index (χ3n) is 3.45. The summed E-state index contributed by atoms with van der Waals surface area (Å²) < 4.78 is 5.05. The molecule has 2 N–H and O–H groups in total. The minimum Gasteiger partial charge on any atom is -0.393 e. The van der Waals surface area contributed by atoms with Crippen LogP contribution in [0.5, 0.6) is 0 Å². The van der Waals surface area contributed by atoms with Gasteiger partial charge in [0.15, 0.2) is 0 Å². The molecule has 0 atom stereocenters. The number of carbonyl (C=O) groups excluding carboxylic acids is 1. The number of aryl methyl sites for hydroxylation is 2. The first kappa shape index (κ1) is 17.6. The lowest BCUT2D eigenvalue weighted by molar-refractivity contribution is 0.0742. The summed E-state index contributed by atoms with van der Waals surface area (Å²) in [6.45, 7) is 5.86. The van der Waals surface area contributed by atoms with Gasteiger partial charge in [0.2, 0.25) is 0 Å². The Bertz CT molecular complexity index is 503. The van der Waals surface area contributed by atoms with Gasteiger partial charge in [-0.15, -0.1) is 0 Å². The molecule has 1 aromatic rings. The number of rotatable bonds is 8. The Morgan fingerprint density at radius 3 is 2.57 bits per heavy atom. The molecular weight excluding hydrogens is 284 g/mol. The van der Waals surface area contributed by atoms with E-state index in [1.54, 1.807) is 12.0 Å². The van der Waals surface area contributed by atoms with E-state index in [1.165, 1.54) is 5.56 Å². The SMILES string of the molecule is COCCCN(CCC(N)=S)C(=O)c1ccc(C)c(C)c1. The third kappa shape index (κ3) is 5.81. The molecule has 1 aromatic carbocycles. The largest absolute Gasteiger partial charge is 0.393 e. The van der Waals surface area contributed by atoms with Gasteiger partial charge >= 0.3 is 0 Å². The lowest BCUT2D eigenvalue weighted by Crippen LogP contribution is -2.35. The summed E-state index contributed by atoms with van der Waals surface area (Å²) in [5, 5.41) is 0. The molecule has 4 nitrogen and oxygen atoms in total. The molecule has 0 radical (unpaired) electrons. The van der Waals surface area contributed by atoms with E-state index in [9.17, 15) is 4.79 Å². The van der Waals surface area contributed by atoms with Gasteiger partial charge in [0.1, 0.15) is 0 Å². The zero-order valence-electron chi connectivity index (χ0n) is 13.0. The van der Waals surface area contributed by atoms with Crippen LogP contribution in [0.3, 0.4) is 0 Å². The lowest BCUT2D eigenvalue weighted by atomic mass is 10.1. The molecular formula is C16H24N2O2S. The monoisotopic (exact) mass is 308 g/mol. The van der Waals surface area contributed by atoms with E-state index in [4.69, 9.17) is 22.7 Å². The van der Waals surface area contributed by atoms with Crippen LogP contribution in [0.25, 0.3) is 0 Å². The number of hydrogen-bond acceptors (Lipinski definition) is 3. The smallest absolute Gasteiger partial charge is 0.253 e. The summed E-state index contributed by atoms with van der Waals surface area (Å²) in [7, 11) is 1.66. The Hall–Kier alpha value is -1.46. The predicted octanol–water partition coefficient (Wildman–Crippen LogP) is 2.46. The van der Waals surface area contributed by atoms with Gasteiger partial charge in [-0.25, -0.2) is 0 Å². The van der Waals surface area contributed by atoms with E-state index in [1.807, 2.05) is 32.0 Å². The fraction of sp³-hybridized carbons (Fsp3) is 0.500. The highest BCUT2D eigenvalue weighted by Gasteiger charge is 2.16. The maximum atomic E-state index is 12.6. The van der Waals surface area contributed by atoms with Crippen LogP contribution in [0.2, 0.25) is 0 Å². The van der Waals surface area contributed by atoms with Gasteiger partial charge in [0.05, 0.1) is 4.99 Å². The predicted molar refractivity (Wildman–Crippen MR) is 89.7 cm³/mol. The Morgan fingerprint density at radius 1 is 1.29 bits per heavy atom. The number of amides is 1. The first-order valence-electron chi connectivity index (χ1n) is 7.09. The van der Waals surface area contributed by atoms with E-state index in [-0.39, 0.29) is 5.91 Å². The van der Waals surface area contributed by atoms with Crippen molar-refractivity contribution >= 4 is 23.1 Å². The van der Waals surface area contributed by atoms with Gasteiger partial charge in [0.25, 0.3) is 5.91 Å². The number of carbonyl (C=O) groups is 1. The summed E-state index contributed by atoms with van der Waals surface area (Å²) >= 11 is 4.91.